The van der Waals surface area contributed by atoms with Gasteiger partial charge in [-0.25, -0.2) is 0 Å². The molecule has 1 aromatic heterocycles. The average Bonchev–Trinajstić information content (AvgIpc) is 2.80. The Bertz CT molecular complexity index is 640. The lowest BCUT2D eigenvalue weighted by atomic mass is 10.2. The largest absolute Gasteiger partial charge is 0.455 e. The van der Waals surface area contributed by atoms with E-state index in [1.165, 1.54) is 6.21 Å². The maximum atomic E-state index is 6.09. The number of hydrogen-bond donors (Lipinski definition) is 2. The normalized spacial score (nSPS) is 10.8. The SMILES string of the molecule is NC(=S)N/N=C/c1ccc(-c2cc(Cl)ccc2Cl)o1. The molecular formula is C12H9Cl2N3OS. The molecule has 4 nitrogen and oxygen atoms in total. The van der Waals surface area contributed by atoms with E-state index in [-0.39, 0.29) is 5.11 Å². The van der Waals surface area contributed by atoms with E-state index >= 15 is 0 Å². The Labute approximate surface area is 125 Å². The molecule has 0 unspecified atom stereocenters. The Kier molecular flexibility index (Phi) is 4.42. The van der Waals surface area contributed by atoms with Gasteiger partial charge in [0.1, 0.15) is 11.5 Å². The minimum Gasteiger partial charge on any atom is -0.455 e. The molecule has 0 aliphatic rings. The Hall–Kier alpha value is -1.56. The number of thiocarbonyl (C=S) groups is 1. The minimum atomic E-state index is 0.0842. The van der Waals surface area contributed by atoms with Crippen molar-refractivity contribution in [2.24, 2.45) is 10.8 Å². The number of hydrogen-bond acceptors (Lipinski definition) is 3. The molecule has 19 heavy (non-hydrogen) atoms. The van der Waals surface area contributed by atoms with E-state index in [9.17, 15) is 0 Å². The number of furan rings is 1. The van der Waals surface area contributed by atoms with Crippen molar-refractivity contribution in [2.75, 3.05) is 0 Å². The summed E-state index contributed by atoms with van der Waals surface area (Å²) in [5.41, 5.74) is 8.39. The molecule has 0 aliphatic carbocycles. The van der Waals surface area contributed by atoms with Gasteiger partial charge in [-0.2, -0.15) is 5.10 Å². The van der Waals surface area contributed by atoms with E-state index in [0.717, 1.165) is 5.56 Å². The predicted molar refractivity (Wildman–Crippen MR) is 81.7 cm³/mol. The lowest BCUT2D eigenvalue weighted by Gasteiger charge is -2.00. The standard InChI is InChI=1S/C12H9Cl2N3OS/c13-7-1-3-10(14)9(5-7)11-4-2-8(18-11)6-16-17-12(15)19/h1-6H,(H3,15,17,19)/b16-6+. The van der Waals surface area contributed by atoms with Crippen LogP contribution in [0.15, 0.2) is 39.9 Å². The highest BCUT2D eigenvalue weighted by atomic mass is 35.5. The number of rotatable bonds is 3. The highest BCUT2D eigenvalue weighted by Crippen LogP contribution is 2.31. The summed E-state index contributed by atoms with van der Waals surface area (Å²) in [5, 5.41) is 5.02. The van der Waals surface area contributed by atoms with Gasteiger partial charge in [0.05, 0.1) is 11.2 Å². The lowest BCUT2D eigenvalue weighted by molar-refractivity contribution is 0.574. The maximum Gasteiger partial charge on any atom is 0.184 e. The number of nitrogens with one attached hydrogen (secondary N) is 1. The monoisotopic (exact) mass is 313 g/mol. The molecular weight excluding hydrogens is 305 g/mol. The fraction of sp³-hybridized carbons (Fsp3) is 0. The summed E-state index contributed by atoms with van der Waals surface area (Å²) in [4.78, 5) is 0. The van der Waals surface area contributed by atoms with Crippen molar-refractivity contribution in [1.29, 1.82) is 0 Å². The van der Waals surface area contributed by atoms with Crippen molar-refractivity contribution in [1.82, 2.24) is 5.43 Å². The quantitative estimate of drug-likeness (QED) is 0.518. The Morgan fingerprint density at radius 2 is 2.11 bits per heavy atom. The molecule has 1 heterocycles. The zero-order valence-electron chi connectivity index (χ0n) is 9.56. The van der Waals surface area contributed by atoms with Crippen LogP contribution in [0, 0.1) is 0 Å². The summed E-state index contributed by atoms with van der Waals surface area (Å²) in [6.45, 7) is 0. The van der Waals surface area contributed by atoms with Crippen LogP contribution in [-0.2, 0) is 0 Å². The smallest absolute Gasteiger partial charge is 0.184 e. The van der Waals surface area contributed by atoms with Gasteiger partial charge in [-0.15, -0.1) is 0 Å². The first-order valence-corrected chi connectivity index (χ1v) is 6.36. The molecule has 0 saturated carbocycles. The van der Waals surface area contributed by atoms with Crippen molar-refractivity contribution in [2.45, 2.75) is 0 Å². The molecule has 3 N–H and O–H groups in total. The molecule has 0 radical (unpaired) electrons. The average molecular weight is 314 g/mol. The summed E-state index contributed by atoms with van der Waals surface area (Å²) < 4.78 is 5.57. The van der Waals surface area contributed by atoms with Crippen LogP contribution in [0.3, 0.4) is 0 Å². The zero-order valence-corrected chi connectivity index (χ0v) is 11.9. The van der Waals surface area contributed by atoms with Crippen molar-refractivity contribution in [3.05, 3.63) is 46.1 Å². The lowest BCUT2D eigenvalue weighted by Crippen LogP contribution is -2.23. The summed E-state index contributed by atoms with van der Waals surface area (Å²) in [6.07, 6.45) is 1.46. The van der Waals surface area contributed by atoms with E-state index in [2.05, 4.69) is 22.7 Å². The van der Waals surface area contributed by atoms with E-state index in [1.54, 1.807) is 30.3 Å². The molecule has 0 fully saturated rings. The molecule has 0 spiro atoms. The van der Waals surface area contributed by atoms with Gasteiger partial charge in [-0.1, -0.05) is 23.2 Å². The number of nitrogens with zero attached hydrogens (tertiary/aromatic N) is 1. The first kappa shape index (κ1) is 13.9. The fourth-order valence-electron chi connectivity index (χ4n) is 1.41. The third-order valence-corrected chi connectivity index (χ3v) is 2.84. The third-order valence-electron chi connectivity index (χ3n) is 2.19. The maximum absolute atomic E-state index is 6.09. The molecule has 7 heteroatoms. The Balaban J connectivity index is 2.23. The van der Waals surface area contributed by atoms with Crippen LogP contribution in [0.4, 0.5) is 0 Å². The summed E-state index contributed by atoms with van der Waals surface area (Å²) in [5.74, 6) is 1.14. The van der Waals surface area contributed by atoms with Gasteiger partial charge in [0.15, 0.2) is 5.11 Å². The molecule has 0 saturated heterocycles. The van der Waals surface area contributed by atoms with Crippen LogP contribution in [0.25, 0.3) is 11.3 Å². The van der Waals surface area contributed by atoms with Gasteiger partial charge >= 0.3 is 0 Å². The molecule has 98 valence electrons. The molecule has 1 aromatic carbocycles. The third kappa shape index (κ3) is 3.70. The number of hydrazone groups is 1. The zero-order chi connectivity index (χ0) is 13.8. The van der Waals surface area contributed by atoms with Gasteiger partial charge < -0.3 is 10.2 Å². The minimum absolute atomic E-state index is 0.0842. The van der Waals surface area contributed by atoms with Crippen LogP contribution < -0.4 is 11.2 Å². The van der Waals surface area contributed by atoms with Crippen LogP contribution >= 0.6 is 35.4 Å². The van der Waals surface area contributed by atoms with E-state index in [0.29, 0.717) is 21.6 Å². The molecule has 0 aliphatic heterocycles. The van der Waals surface area contributed by atoms with E-state index in [4.69, 9.17) is 33.4 Å². The van der Waals surface area contributed by atoms with Crippen LogP contribution in [0.5, 0.6) is 0 Å². The number of halogens is 2. The second kappa shape index (κ2) is 6.06. The summed E-state index contributed by atoms with van der Waals surface area (Å²) in [7, 11) is 0. The molecule has 0 bridgehead atoms. The van der Waals surface area contributed by atoms with Crippen LogP contribution in [0.1, 0.15) is 5.76 Å². The second-order valence-corrected chi connectivity index (χ2v) is 4.84. The molecule has 2 rings (SSSR count). The van der Waals surface area contributed by atoms with Crippen molar-refractivity contribution >= 4 is 46.7 Å². The summed E-state index contributed by atoms with van der Waals surface area (Å²) >= 11 is 16.6. The molecule has 2 aromatic rings. The Morgan fingerprint density at radius 1 is 1.32 bits per heavy atom. The molecule has 0 amide bonds. The van der Waals surface area contributed by atoms with Gasteiger partial charge in [0.2, 0.25) is 0 Å². The second-order valence-electron chi connectivity index (χ2n) is 3.56. The predicted octanol–water partition coefficient (Wildman–Crippen LogP) is 3.42. The van der Waals surface area contributed by atoms with Gasteiger partial charge in [-0.3, -0.25) is 5.43 Å². The van der Waals surface area contributed by atoms with Gasteiger partial charge in [0.25, 0.3) is 0 Å². The van der Waals surface area contributed by atoms with Crippen molar-refractivity contribution < 1.29 is 4.42 Å². The van der Waals surface area contributed by atoms with Crippen molar-refractivity contribution in [3.8, 4) is 11.3 Å². The number of nitrogens with two attached hydrogens (primary N) is 1. The van der Waals surface area contributed by atoms with Gasteiger partial charge in [-0.05, 0) is 42.5 Å². The topological polar surface area (TPSA) is 63.5 Å². The van der Waals surface area contributed by atoms with Gasteiger partial charge in [0, 0.05) is 10.6 Å². The van der Waals surface area contributed by atoms with Crippen LogP contribution in [-0.4, -0.2) is 11.3 Å². The first-order valence-electron chi connectivity index (χ1n) is 5.20. The first-order chi connectivity index (χ1) is 9.06. The van der Waals surface area contributed by atoms with Crippen LogP contribution in [0.2, 0.25) is 10.0 Å². The summed E-state index contributed by atoms with van der Waals surface area (Å²) in [6, 6.07) is 8.68. The highest BCUT2D eigenvalue weighted by molar-refractivity contribution is 7.80. The van der Waals surface area contributed by atoms with E-state index in [1.807, 2.05) is 0 Å². The fourth-order valence-corrected chi connectivity index (χ4v) is 1.85. The molecule has 0 atom stereocenters. The van der Waals surface area contributed by atoms with Crippen molar-refractivity contribution in [3.63, 3.8) is 0 Å². The Morgan fingerprint density at radius 3 is 2.84 bits per heavy atom. The van der Waals surface area contributed by atoms with E-state index < -0.39 is 0 Å². The highest BCUT2D eigenvalue weighted by Gasteiger charge is 2.08. The number of benzene rings is 1.